The van der Waals surface area contributed by atoms with Crippen molar-refractivity contribution in [1.29, 1.82) is 0 Å². The minimum Gasteiger partial charge on any atom is -0.365 e. The third kappa shape index (κ3) is 4.03. The molecule has 1 atom stereocenters. The number of hydrogen-bond acceptors (Lipinski definition) is 4. The summed E-state index contributed by atoms with van der Waals surface area (Å²) in [6.07, 6.45) is 8.29. The molecule has 8 nitrogen and oxygen atoms in total. The van der Waals surface area contributed by atoms with E-state index in [0.29, 0.717) is 30.9 Å². The molecule has 2 N–H and O–H groups in total. The van der Waals surface area contributed by atoms with E-state index in [-0.39, 0.29) is 11.9 Å². The molecule has 3 heterocycles. The quantitative estimate of drug-likeness (QED) is 0.637. The molecule has 0 spiro atoms. The van der Waals surface area contributed by atoms with Crippen molar-refractivity contribution in [2.45, 2.75) is 25.4 Å². The van der Waals surface area contributed by atoms with Crippen LogP contribution in [0.3, 0.4) is 0 Å². The highest BCUT2D eigenvalue weighted by Crippen LogP contribution is 2.27. The molecule has 0 saturated carbocycles. The summed E-state index contributed by atoms with van der Waals surface area (Å²) in [7, 11) is 0. The molecular formula is C22H24N6O2. The van der Waals surface area contributed by atoms with Gasteiger partial charge < -0.3 is 10.6 Å². The first-order valence-electron chi connectivity index (χ1n) is 9.92. The van der Waals surface area contributed by atoms with Crippen molar-refractivity contribution in [1.82, 2.24) is 24.5 Å². The van der Waals surface area contributed by atoms with E-state index in [1.807, 2.05) is 36.5 Å². The normalized spacial score (nSPS) is 16.4. The molecule has 1 aliphatic heterocycles. The van der Waals surface area contributed by atoms with E-state index >= 15 is 0 Å². The van der Waals surface area contributed by atoms with Crippen LogP contribution in [0.1, 0.15) is 34.8 Å². The zero-order valence-electron chi connectivity index (χ0n) is 16.6. The fraction of sp³-hybridized carbons (Fsp3) is 0.273. The van der Waals surface area contributed by atoms with E-state index in [1.165, 1.54) is 6.08 Å². The smallest absolute Gasteiger partial charge is 0.252 e. The summed E-state index contributed by atoms with van der Waals surface area (Å²) >= 11 is 0. The van der Waals surface area contributed by atoms with Crippen LogP contribution in [0.15, 0.2) is 61.6 Å². The van der Waals surface area contributed by atoms with Gasteiger partial charge >= 0.3 is 0 Å². The topological polar surface area (TPSA) is 99.0 Å². The van der Waals surface area contributed by atoms with Crippen molar-refractivity contribution in [2.75, 3.05) is 13.1 Å². The third-order valence-electron chi connectivity index (χ3n) is 5.35. The van der Waals surface area contributed by atoms with Gasteiger partial charge in [-0.2, -0.15) is 10.2 Å². The fourth-order valence-electron chi connectivity index (χ4n) is 3.81. The van der Waals surface area contributed by atoms with Crippen molar-refractivity contribution in [3.63, 3.8) is 0 Å². The van der Waals surface area contributed by atoms with E-state index < -0.39 is 5.91 Å². The van der Waals surface area contributed by atoms with E-state index in [0.717, 1.165) is 24.0 Å². The number of rotatable bonds is 6. The molecule has 3 aromatic rings. The largest absolute Gasteiger partial charge is 0.365 e. The van der Waals surface area contributed by atoms with Gasteiger partial charge in [-0.15, -0.1) is 0 Å². The van der Waals surface area contributed by atoms with Crippen LogP contribution in [0.2, 0.25) is 0 Å². The Morgan fingerprint density at radius 2 is 2.03 bits per heavy atom. The number of piperidine rings is 1. The molecule has 1 aromatic carbocycles. The van der Waals surface area contributed by atoms with Gasteiger partial charge in [0.25, 0.3) is 5.91 Å². The Morgan fingerprint density at radius 3 is 2.77 bits per heavy atom. The Balaban J connectivity index is 1.60. The van der Waals surface area contributed by atoms with Gasteiger partial charge in [-0.3, -0.25) is 19.0 Å². The first-order chi connectivity index (χ1) is 14.5. The van der Waals surface area contributed by atoms with Crippen molar-refractivity contribution < 1.29 is 9.59 Å². The van der Waals surface area contributed by atoms with Crippen LogP contribution in [0.4, 0.5) is 0 Å². The Hall–Kier alpha value is -3.68. The number of aromatic nitrogens is 4. The Morgan fingerprint density at radius 1 is 1.23 bits per heavy atom. The van der Waals surface area contributed by atoms with Gasteiger partial charge in [0.1, 0.15) is 5.69 Å². The van der Waals surface area contributed by atoms with Crippen molar-refractivity contribution in [3.8, 4) is 11.3 Å². The highest BCUT2D eigenvalue weighted by atomic mass is 16.2. The number of amides is 2. The molecule has 0 bridgehead atoms. The summed E-state index contributed by atoms with van der Waals surface area (Å²) in [5.74, 6) is -0.633. The maximum absolute atomic E-state index is 12.1. The predicted molar refractivity (Wildman–Crippen MR) is 113 cm³/mol. The molecule has 1 aliphatic rings. The lowest BCUT2D eigenvalue weighted by Gasteiger charge is -2.32. The van der Waals surface area contributed by atoms with Crippen molar-refractivity contribution >= 4 is 11.8 Å². The van der Waals surface area contributed by atoms with Crippen molar-refractivity contribution in [2.24, 2.45) is 5.73 Å². The Kier molecular flexibility index (Phi) is 5.47. The second kappa shape index (κ2) is 8.36. The number of nitrogens with two attached hydrogens (primary N) is 1. The lowest BCUT2D eigenvalue weighted by atomic mass is 10.1. The standard InChI is InChI=1S/C22H24N6O2/c1-2-20(29)26-10-6-9-18(14-26)28-15-19(22(23)30)21(25-28)17-11-24-27(13-17)12-16-7-4-3-5-8-16/h2-5,7-8,11,13,15,18H,1,6,9-10,12,14H2,(H2,23,30)/t18-/m1/s1. The van der Waals surface area contributed by atoms with Crippen LogP contribution in [0.5, 0.6) is 0 Å². The summed E-state index contributed by atoms with van der Waals surface area (Å²) in [5.41, 5.74) is 8.34. The van der Waals surface area contributed by atoms with Gasteiger partial charge in [0.15, 0.2) is 0 Å². The zero-order valence-corrected chi connectivity index (χ0v) is 16.6. The summed E-state index contributed by atoms with van der Waals surface area (Å²) < 4.78 is 3.56. The average molecular weight is 404 g/mol. The number of likely N-dealkylation sites (tertiary alicyclic amines) is 1. The maximum atomic E-state index is 12.1. The molecule has 8 heteroatoms. The SMILES string of the molecule is C=CC(=O)N1CCC[C@@H](n2cc(C(N)=O)c(-c3cnn(Cc4ccccc4)c3)n2)C1. The molecule has 2 aromatic heterocycles. The van der Waals surface area contributed by atoms with Crippen LogP contribution in [-0.4, -0.2) is 49.4 Å². The lowest BCUT2D eigenvalue weighted by Crippen LogP contribution is -2.40. The second-order valence-electron chi connectivity index (χ2n) is 7.43. The number of nitrogens with zero attached hydrogens (tertiary/aromatic N) is 5. The summed E-state index contributed by atoms with van der Waals surface area (Å²) in [6, 6.07) is 9.98. The monoisotopic (exact) mass is 404 g/mol. The number of primary amides is 1. The zero-order chi connectivity index (χ0) is 21.1. The maximum Gasteiger partial charge on any atom is 0.252 e. The van der Waals surface area contributed by atoms with E-state index in [2.05, 4.69) is 16.8 Å². The van der Waals surface area contributed by atoms with E-state index in [9.17, 15) is 9.59 Å². The number of hydrogen-bond donors (Lipinski definition) is 1. The summed E-state index contributed by atoms with van der Waals surface area (Å²) in [6.45, 7) is 5.41. The first kappa shape index (κ1) is 19.6. The van der Waals surface area contributed by atoms with Crippen LogP contribution in [0.25, 0.3) is 11.3 Å². The fourth-order valence-corrected chi connectivity index (χ4v) is 3.81. The van der Waals surface area contributed by atoms with Crippen molar-refractivity contribution in [3.05, 3.63) is 72.7 Å². The number of benzene rings is 1. The molecule has 1 saturated heterocycles. The average Bonchev–Trinajstić information content (AvgIpc) is 3.41. The molecule has 0 aliphatic carbocycles. The highest BCUT2D eigenvalue weighted by Gasteiger charge is 2.26. The summed E-state index contributed by atoms with van der Waals surface area (Å²) in [5, 5.41) is 9.07. The molecule has 154 valence electrons. The van der Waals surface area contributed by atoms with Crippen LogP contribution in [0, 0.1) is 0 Å². The molecular weight excluding hydrogens is 380 g/mol. The minimum absolute atomic E-state index is 0.0196. The molecule has 2 amide bonds. The molecule has 1 fully saturated rings. The Bertz CT molecular complexity index is 1070. The van der Waals surface area contributed by atoms with E-state index in [4.69, 9.17) is 5.73 Å². The number of carbonyl (C=O) groups excluding carboxylic acids is 2. The predicted octanol–water partition coefficient (Wildman–Crippen LogP) is 2.24. The van der Waals surface area contributed by atoms with Gasteiger partial charge in [0.05, 0.1) is 24.3 Å². The first-order valence-corrected chi connectivity index (χ1v) is 9.92. The van der Waals surface area contributed by atoms with Crippen LogP contribution >= 0.6 is 0 Å². The molecule has 0 radical (unpaired) electrons. The van der Waals surface area contributed by atoms with Gasteiger partial charge in [-0.05, 0) is 24.5 Å². The van der Waals surface area contributed by atoms with Crippen LogP contribution < -0.4 is 5.73 Å². The van der Waals surface area contributed by atoms with Gasteiger partial charge in [-0.1, -0.05) is 36.9 Å². The second-order valence-corrected chi connectivity index (χ2v) is 7.43. The lowest BCUT2D eigenvalue weighted by molar-refractivity contribution is -0.127. The molecule has 30 heavy (non-hydrogen) atoms. The van der Waals surface area contributed by atoms with Crippen LogP contribution in [-0.2, 0) is 11.3 Å². The van der Waals surface area contributed by atoms with Gasteiger partial charge in [0, 0.05) is 31.0 Å². The third-order valence-corrected chi connectivity index (χ3v) is 5.35. The van der Waals surface area contributed by atoms with E-state index in [1.54, 1.807) is 26.7 Å². The van der Waals surface area contributed by atoms with Gasteiger partial charge in [0.2, 0.25) is 5.91 Å². The number of carbonyl (C=O) groups is 2. The van der Waals surface area contributed by atoms with Gasteiger partial charge in [-0.25, -0.2) is 0 Å². The minimum atomic E-state index is -0.540. The molecule has 0 unspecified atom stereocenters. The molecule has 4 rings (SSSR count). The summed E-state index contributed by atoms with van der Waals surface area (Å²) in [4.78, 5) is 25.8. The Labute approximate surface area is 174 Å². The highest BCUT2D eigenvalue weighted by molar-refractivity contribution is 5.98.